The van der Waals surface area contributed by atoms with Gasteiger partial charge in [-0.1, -0.05) is 62.9 Å². The van der Waals surface area contributed by atoms with Gasteiger partial charge in [0.05, 0.1) is 0 Å². The number of rotatable bonds is 9. The molecule has 0 spiro atoms. The van der Waals surface area contributed by atoms with Crippen LogP contribution in [0.5, 0.6) is 0 Å². The maximum atomic E-state index is 13.5. The van der Waals surface area contributed by atoms with Gasteiger partial charge in [0, 0.05) is 0 Å². The van der Waals surface area contributed by atoms with Gasteiger partial charge in [-0.05, 0) is 85.3 Å². The van der Waals surface area contributed by atoms with E-state index in [4.69, 9.17) is 0 Å². The molecule has 1 atom stereocenters. The molecule has 1 heteroatoms. The molecule has 2 aromatic carbocycles. The Bertz CT molecular complexity index is 671. The highest BCUT2D eigenvalue weighted by molar-refractivity contribution is 5.30. The van der Waals surface area contributed by atoms with Crippen molar-refractivity contribution in [2.75, 3.05) is 0 Å². The van der Waals surface area contributed by atoms with Crippen molar-refractivity contribution in [1.29, 1.82) is 0 Å². The van der Waals surface area contributed by atoms with E-state index in [1.165, 1.54) is 73.6 Å². The van der Waals surface area contributed by atoms with Crippen molar-refractivity contribution in [3.05, 3.63) is 70.5 Å². The first-order valence-corrected chi connectivity index (χ1v) is 10.6. The molecular formula is C25H33F. The molecule has 26 heavy (non-hydrogen) atoms. The largest absolute Gasteiger partial charge is 0.207 e. The summed E-state index contributed by atoms with van der Waals surface area (Å²) in [7, 11) is 0. The topological polar surface area (TPSA) is 0 Å². The van der Waals surface area contributed by atoms with E-state index in [0.717, 1.165) is 19.3 Å². The van der Waals surface area contributed by atoms with Crippen molar-refractivity contribution >= 4 is 0 Å². The third-order valence-electron chi connectivity index (χ3n) is 5.93. The molecule has 0 N–H and O–H groups in total. The van der Waals surface area contributed by atoms with E-state index >= 15 is 0 Å². The molecular weight excluding hydrogens is 319 g/mol. The van der Waals surface area contributed by atoms with Crippen LogP contribution in [0.15, 0.2) is 42.5 Å². The minimum Gasteiger partial charge on any atom is -0.207 e. The summed E-state index contributed by atoms with van der Waals surface area (Å²) < 4.78 is 13.5. The summed E-state index contributed by atoms with van der Waals surface area (Å²) in [4.78, 5) is 0. The van der Waals surface area contributed by atoms with Crippen LogP contribution in [0.3, 0.4) is 0 Å². The summed E-state index contributed by atoms with van der Waals surface area (Å²) in [6, 6.07) is 14.6. The second kappa shape index (κ2) is 9.90. The summed E-state index contributed by atoms with van der Waals surface area (Å²) in [5.74, 6) is 0.609. The second-order valence-corrected chi connectivity index (χ2v) is 8.04. The molecule has 0 aromatic heterocycles. The fraction of sp³-hybridized carbons (Fsp3) is 0.520. The molecule has 0 radical (unpaired) electrons. The van der Waals surface area contributed by atoms with Crippen molar-refractivity contribution in [3.63, 3.8) is 0 Å². The van der Waals surface area contributed by atoms with E-state index in [9.17, 15) is 4.39 Å². The van der Waals surface area contributed by atoms with E-state index in [2.05, 4.69) is 31.2 Å². The van der Waals surface area contributed by atoms with E-state index in [1.54, 1.807) is 12.1 Å². The Morgan fingerprint density at radius 2 is 1.58 bits per heavy atom. The van der Waals surface area contributed by atoms with Crippen LogP contribution in [0.25, 0.3) is 0 Å². The number of unbranched alkanes of at least 4 members (excludes halogenated alkanes) is 4. The molecule has 1 aliphatic carbocycles. The fourth-order valence-corrected chi connectivity index (χ4v) is 4.22. The number of halogens is 1. The number of aryl methyl sites for hydroxylation is 3. The Morgan fingerprint density at radius 3 is 2.35 bits per heavy atom. The van der Waals surface area contributed by atoms with Crippen LogP contribution in [0.4, 0.5) is 4.39 Å². The van der Waals surface area contributed by atoms with Crippen LogP contribution in [-0.2, 0) is 25.7 Å². The molecule has 2 aromatic rings. The maximum Gasteiger partial charge on any atom is 0.123 e. The monoisotopic (exact) mass is 352 g/mol. The Hall–Kier alpha value is -1.63. The van der Waals surface area contributed by atoms with E-state index < -0.39 is 0 Å². The molecule has 0 nitrogen and oxygen atoms in total. The number of benzene rings is 2. The Balaban J connectivity index is 1.42. The van der Waals surface area contributed by atoms with Crippen molar-refractivity contribution in [2.24, 2.45) is 5.92 Å². The van der Waals surface area contributed by atoms with Crippen LogP contribution in [0.1, 0.15) is 74.1 Å². The van der Waals surface area contributed by atoms with Gasteiger partial charge in [0.15, 0.2) is 0 Å². The predicted octanol–water partition coefficient (Wildman–Crippen LogP) is 7.08. The quantitative estimate of drug-likeness (QED) is 0.423. The first-order valence-electron chi connectivity index (χ1n) is 10.6. The molecule has 0 aliphatic heterocycles. The van der Waals surface area contributed by atoms with Gasteiger partial charge in [-0.15, -0.1) is 0 Å². The van der Waals surface area contributed by atoms with Crippen LogP contribution >= 0.6 is 0 Å². The molecule has 0 saturated heterocycles. The number of hydrogen-bond donors (Lipinski definition) is 0. The van der Waals surface area contributed by atoms with E-state index in [1.807, 2.05) is 6.07 Å². The van der Waals surface area contributed by atoms with Gasteiger partial charge in [0.2, 0.25) is 0 Å². The maximum absolute atomic E-state index is 13.5. The first-order chi connectivity index (χ1) is 12.7. The molecule has 3 rings (SSSR count). The lowest BCUT2D eigenvalue weighted by molar-refractivity contribution is 0.425. The molecule has 0 heterocycles. The normalized spacial score (nSPS) is 16.5. The minimum absolute atomic E-state index is 0.0883. The molecule has 1 unspecified atom stereocenters. The van der Waals surface area contributed by atoms with E-state index in [0.29, 0.717) is 5.92 Å². The van der Waals surface area contributed by atoms with Crippen molar-refractivity contribution in [1.82, 2.24) is 0 Å². The van der Waals surface area contributed by atoms with Crippen LogP contribution in [-0.4, -0.2) is 0 Å². The highest BCUT2D eigenvalue weighted by Crippen LogP contribution is 2.29. The zero-order chi connectivity index (χ0) is 18.2. The first kappa shape index (κ1) is 19.1. The lowest BCUT2D eigenvalue weighted by Crippen LogP contribution is -2.15. The highest BCUT2D eigenvalue weighted by Gasteiger charge is 2.18. The van der Waals surface area contributed by atoms with Crippen LogP contribution < -0.4 is 0 Å². The van der Waals surface area contributed by atoms with Gasteiger partial charge in [-0.2, -0.15) is 0 Å². The Morgan fingerprint density at radius 1 is 0.846 bits per heavy atom. The zero-order valence-corrected chi connectivity index (χ0v) is 16.3. The molecule has 0 bridgehead atoms. The van der Waals surface area contributed by atoms with Gasteiger partial charge < -0.3 is 0 Å². The smallest absolute Gasteiger partial charge is 0.123 e. The summed E-state index contributed by atoms with van der Waals surface area (Å²) >= 11 is 0. The third-order valence-corrected chi connectivity index (χ3v) is 5.93. The van der Waals surface area contributed by atoms with E-state index in [-0.39, 0.29) is 5.82 Å². The number of fused-ring (bicyclic) bond motifs is 1. The zero-order valence-electron chi connectivity index (χ0n) is 16.3. The van der Waals surface area contributed by atoms with Gasteiger partial charge in [0.25, 0.3) is 0 Å². The lowest BCUT2D eigenvalue weighted by Gasteiger charge is -2.24. The molecule has 0 amide bonds. The average molecular weight is 353 g/mol. The lowest BCUT2D eigenvalue weighted by atomic mass is 9.81. The van der Waals surface area contributed by atoms with Gasteiger partial charge in [-0.3, -0.25) is 0 Å². The van der Waals surface area contributed by atoms with Crippen molar-refractivity contribution in [2.45, 2.75) is 77.6 Å². The molecule has 140 valence electrons. The van der Waals surface area contributed by atoms with Crippen molar-refractivity contribution < 1.29 is 4.39 Å². The SMILES string of the molecule is CCCCCCCc1ccc(CCC2CCc3ccc(F)cc3C2)cc1. The van der Waals surface area contributed by atoms with Gasteiger partial charge in [-0.25, -0.2) is 4.39 Å². The Kier molecular flexibility index (Phi) is 7.29. The minimum atomic E-state index is -0.0883. The summed E-state index contributed by atoms with van der Waals surface area (Å²) in [5, 5.41) is 0. The Labute approximate surface area is 158 Å². The summed E-state index contributed by atoms with van der Waals surface area (Å²) in [5.41, 5.74) is 5.52. The van der Waals surface area contributed by atoms with Crippen LogP contribution in [0.2, 0.25) is 0 Å². The second-order valence-electron chi connectivity index (χ2n) is 8.04. The molecule has 1 aliphatic rings. The third kappa shape index (κ3) is 5.69. The fourth-order valence-electron chi connectivity index (χ4n) is 4.22. The van der Waals surface area contributed by atoms with Crippen LogP contribution in [0, 0.1) is 11.7 Å². The number of hydrogen-bond acceptors (Lipinski definition) is 0. The van der Waals surface area contributed by atoms with Gasteiger partial charge >= 0.3 is 0 Å². The standard InChI is InChI=1S/C25H33F/c1-2-3-4-5-6-7-20-8-10-21(11-9-20)12-13-22-14-15-23-16-17-25(26)19-24(23)18-22/h8-11,16-17,19,22H,2-7,12-15,18H2,1H3. The van der Waals surface area contributed by atoms with Crippen molar-refractivity contribution in [3.8, 4) is 0 Å². The summed E-state index contributed by atoms with van der Waals surface area (Å²) in [6.45, 7) is 2.27. The summed E-state index contributed by atoms with van der Waals surface area (Å²) in [6.07, 6.45) is 13.7. The predicted molar refractivity (Wildman–Crippen MR) is 109 cm³/mol. The van der Waals surface area contributed by atoms with Gasteiger partial charge in [0.1, 0.15) is 5.82 Å². The highest BCUT2D eigenvalue weighted by atomic mass is 19.1. The molecule has 0 saturated carbocycles. The average Bonchev–Trinajstić information content (AvgIpc) is 2.67. The molecule has 0 fully saturated rings.